The smallest absolute Gasteiger partial charge is 0.333 e. The molecular formula is C56H48BN3Si. The Bertz CT molecular complexity index is 3050. The van der Waals surface area contributed by atoms with E-state index in [9.17, 15) is 0 Å². The highest BCUT2D eigenvalue weighted by Crippen LogP contribution is 2.56. The molecule has 0 N–H and O–H groups in total. The molecule has 0 saturated heterocycles. The van der Waals surface area contributed by atoms with Gasteiger partial charge in [-0.25, -0.2) is 0 Å². The molecule has 8 aromatic rings. The number of nitrogens with zero attached hydrogens (tertiary/aromatic N) is 3. The largest absolute Gasteiger partial charge is 0.376 e. The van der Waals surface area contributed by atoms with Crippen LogP contribution in [0.4, 0.5) is 45.5 Å². The van der Waals surface area contributed by atoms with Gasteiger partial charge in [0, 0.05) is 61.9 Å². The summed E-state index contributed by atoms with van der Waals surface area (Å²) in [5.74, 6) is 0. The van der Waals surface area contributed by atoms with Gasteiger partial charge in [-0.3, -0.25) is 0 Å². The van der Waals surface area contributed by atoms with Gasteiger partial charge in [0.25, 0.3) is 0 Å². The third-order valence-electron chi connectivity index (χ3n) is 14.6. The summed E-state index contributed by atoms with van der Waals surface area (Å²) >= 11 is 0. The summed E-state index contributed by atoms with van der Waals surface area (Å²) in [5, 5.41) is 2.97. The zero-order chi connectivity index (χ0) is 41.4. The van der Waals surface area contributed by atoms with Crippen molar-refractivity contribution in [3.8, 4) is 11.1 Å². The predicted molar refractivity (Wildman–Crippen MR) is 262 cm³/mol. The highest BCUT2D eigenvalue weighted by Gasteiger charge is 2.51. The summed E-state index contributed by atoms with van der Waals surface area (Å²) in [7, 11) is -2.12. The minimum Gasteiger partial charge on any atom is -0.376 e. The Morgan fingerprint density at radius 2 is 1.02 bits per heavy atom. The van der Waals surface area contributed by atoms with E-state index in [4.69, 9.17) is 0 Å². The van der Waals surface area contributed by atoms with Crippen LogP contribution in [0.5, 0.6) is 0 Å². The monoisotopic (exact) mass is 801 g/mol. The fourth-order valence-corrected chi connectivity index (χ4v) is 14.6. The molecule has 294 valence electrons. The second-order valence-corrected chi connectivity index (χ2v) is 23.3. The SMILES string of the molecule is CC1(C)c2ccccc2C(C)(C)c2cc3c(cc21)-c1cc(N(c2ccccc2)c2ccccc2)cc2c1B(c1cccc4c1N2c1ccccc1[Si]4(C)C)N3c1ccccc1. The minimum absolute atomic E-state index is 0.0536. The Morgan fingerprint density at radius 3 is 1.67 bits per heavy atom. The maximum Gasteiger partial charge on any atom is 0.333 e. The molecule has 3 nitrogen and oxygen atoms in total. The van der Waals surface area contributed by atoms with Crippen LogP contribution in [0.3, 0.4) is 0 Å². The van der Waals surface area contributed by atoms with Crippen molar-refractivity contribution in [2.75, 3.05) is 14.6 Å². The van der Waals surface area contributed by atoms with Crippen LogP contribution in [-0.2, 0) is 10.8 Å². The quantitative estimate of drug-likeness (QED) is 0.164. The summed E-state index contributed by atoms with van der Waals surface area (Å²) in [6.07, 6.45) is 0. The molecule has 4 aliphatic rings. The van der Waals surface area contributed by atoms with E-state index in [1.165, 1.54) is 83.1 Å². The molecule has 12 rings (SSSR count). The molecule has 61 heavy (non-hydrogen) atoms. The lowest BCUT2D eigenvalue weighted by Crippen LogP contribution is -2.67. The fourth-order valence-electron chi connectivity index (χ4n) is 11.6. The van der Waals surface area contributed by atoms with Gasteiger partial charge >= 0.3 is 6.85 Å². The molecular weight excluding hydrogens is 754 g/mol. The third-order valence-corrected chi connectivity index (χ3v) is 18.1. The number of para-hydroxylation sites is 5. The van der Waals surface area contributed by atoms with E-state index in [-0.39, 0.29) is 17.7 Å². The molecule has 0 unspecified atom stereocenters. The van der Waals surface area contributed by atoms with E-state index in [2.05, 4.69) is 237 Å². The maximum atomic E-state index is 2.69. The van der Waals surface area contributed by atoms with Crippen LogP contribution in [0.2, 0.25) is 13.1 Å². The lowest BCUT2D eigenvalue weighted by atomic mass is 9.43. The molecule has 0 aromatic heterocycles. The van der Waals surface area contributed by atoms with Crippen LogP contribution in [-0.4, -0.2) is 14.9 Å². The number of hydrogen-bond donors (Lipinski definition) is 0. The van der Waals surface area contributed by atoms with E-state index in [0.717, 1.165) is 17.1 Å². The topological polar surface area (TPSA) is 9.72 Å². The van der Waals surface area contributed by atoms with Crippen molar-refractivity contribution in [2.45, 2.75) is 51.6 Å². The van der Waals surface area contributed by atoms with Gasteiger partial charge in [0.1, 0.15) is 8.07 Å². The maximum absolute atomic E-state index is 2.69. The molecule has 0 radical (unpaired) electrons. The number of fused-ring (bicyclic) bond motifs is 8. The molecule has 1 aliphatic carbocycles. The van der Waals surface area contributed by atoms with Crippen molar-refractivity contribution in [2.24, 2.45) is 0 Å². The summed E-state index contributed by atoms with van der Waals surface area (Å²) in [5.41, 5.74) is 20.3. The van der Waals surface area contributed by atoms with E-state index >= 15 is 0 Å². The van der Waals surface area contributed by atoms with Crippen LogP contribution in [0.25, 0.3) is 11.1 Å². The first-order chi connectivity index (χ1) is 29.6. The summed E-state index contributed by atoms with van der Waals surface area (Å²) in [4.78, 5) is 7.80. The van der Waals surface area contributed by atoms with Crippen molar-refractivity contribution < 1.29 is 0 Å². The van der Waals surface area contributed by atoms with Gasteiger partial charge in [-0.15, -0.1) is 0 Å². The van der Waals surface area contributed by atoms with E-state index in [0.29, 0.717) is 0 Å². The second-order valence-electron chi connectivity index (χ2n) is 19.0. The predicted octanol–water partition coefficient (Wildman–Crippen LogP) is 12.0. The molecule has 8 aromatic carbocycles. The number of hydrogen-bond acceptors (Lipinski definition) is 3. The van der Waals surface area contributed by atoms with Crippen molar-refractivity contribution in [1.29, 1.82) is 0 Å². The van der Waals surface area contributed by atoms with Crippen molar-refractivity contribution >= 4 is 81.7 Å². The van der Waals surface area contributed by atoms with Crippen LogP contribution in [0.15, 0.2) is 182 Å². The van der Waals surface area contributed by atoms with Gasteiger partial charge in [-0.1, -0.05) is 156 Å². The van der Waals surface area contributed by atoms with Crippen LogP contribution >= 0.6 is 0 Å². The van der Waals surface area contributed by atoms with Crippen LogP contribution < -0.4 is 35.9 Å². The zero-order valence-corrected chi connectivity index (χ0v) is 36.7. The Labute approximate surface area is 361 Å². The third kappa shape index (κ3) is 4.93. The van der Waals surface area contributed by atoms with Gasteiger partial charge in [0.2, 0.25) is 0 Å². The molecule has 0 spiro atoms. The molecule has 0 saturated carbocycles. The normalized spacial score (nSPS) is 16.3. The first-order valence-electron chi connectivity index (χ1n) is 21.8. The average molecular weight is 802 g/mol. The van der Waals surface area contributed by atoms with Crippen molar-refractivity contribution in [3.05, 3.63) is 204 Å². The average Bonchev–Trinajstić information content (AvgIpc) is 3.29. The lowest BCUT2D eigenvalue weighted by Gasteiger charge is -2.51. The zero-order valence-electron chi connectivity index (χ0n) is 35.7. The first-order valence-corrected chi connectivity index (χ1v) is 24.8. The van der Waals surface area contributed by atoms with E-state index in [1.807, 2.05) is 0 Å². The standard InChI is InChI=1S/C56H48BN3Si/c1-55(2)43-27-16-17-28-44(43)56(3,4)46-36-49-41(35-45(46)55)42-33-40(58(37-21-10-7-11-22-37)38-23-12-8-13-24-38)34-50-53(42)57(60(49)39-25-14-9-15-26-39)47-29-20-32-52-54(47)59(50)48-30-18-19-31-51(48)61(52,5)6/h7-36H,1-6H3. The van der Waals surface area contributed by atoms with Crippen LogP contribution in [0.1, 0.15) is 49.9 Å². The Kier molecular flexibility index (Phi) is 7.58. The van der Waals surface area contributed by atoms with Crippen molar-refractivity contribution in [3.63, 3.8) is 0 Å². The Morgan fingerprint density at radius 1 is 0.459 bits per heavy atom. The van der Waals surface area contributed by atoms with Gasteiger partial charge in [0.05, 0.1) is 0 Å². The van der Waals surface area contributed by atoms with Crippen LogP contribution in [0, 0.1) is 0 Å². The number of benzene rings is 8. The molecule has 0 bridgehead atoms. The molecule has 3 aliphatic heterocycles. The fraction of sp³-hybridized carbons (Fsp3) is 0.143. The molecule has 3 heterocycles. The Balaban J connectivity index is 1.25. The number of anilines is 8. The first kappa shape index (κ1) is 36.3. The lowest BCUT2D eigenvalue weighted by molar-refractivity contribution is 0.521. The molecule has 0 amide bonds. The molecule has 5 heteroatoms. The summed E-state index contributed by atoms with van der Waals surface area (Å²) in [6.45, 7) is 14.8. The van der Waals surface area contributed by atoms with E-state index < -0.39 is 8.07 Å². The van der Waals surface area contributed by atoms with Gasteiger partial charge < -0.3 is 14.6 Å². The molecule has 0 fully saturated rings. The minimum atomic E-state index is -2.12. The second kappa shape index (κ2) is 12.7. The summed E-state index contributed by atoms with van der Waals surface area (Å²) < 4.78 is 0. The highest BCUT2D eigenvalue weighted by molar-refractivity contribution is 7.04. The van der Waals surface area contributed by atoms with E-state index in [1.54, 1.807) is 0 Å². The van der Waals surface area contributed by atoms with Gasteiger partial charge in [0.15, 0.2) is 0 Å². The van der Waals surface area contributed by atoms with Crippen molar-refractivity contribution in [1.82, 2.24) is 0 Å². The summed E-state index contributed by atoms with van der Waals surface area (Å²) in [6, 6.07) is 68.8. The van der Waals surface area contributed by atoms with Gasteiger partial charge in [-0.05, 0) is 116 Å². The number of rotatable bonds is 4. The van der Waals surface area contributed by atoms with Gasteiger partial charge in [-0.2, -0.15) is 0 Å². The Hall–Kier alpha value is -6.56. The molecule has 0 atom stereocenters. The highest BCUT2D eigenvalue weighted by atomic mass is 28.3.